The summed E-state index contributed by atoms with van der Waals surface area (Å²) >= 11 is 0. The van der Waals surface area contributed by atoms with Gasteiger partial charge in [0.25, 0.3) is 0 Å². The monoisotopic (exact) mass is 198 g/mol. The lowest BCUT2D eigenvalue weighted by molar-refractivity contribution is 0.321. The van der Waals surface area contributed by atoms with Crippen molar-refractivity contribution < 1.29 is 0 Å². The molecule has 1 rings (SSSR count). The van der Waals surface area contributed by atoms with Gasteiger partial charge >= 0.3 is 0 Å². The van der Waals surface area contributed by atoms with Crippen LogP contribution in [0.5, 0.6) is 0 Å². The molecule has 0 aromatic carbocycles. The molecule has 1 saturated heterocycles. The summed E-state index contributed by atoms with van der Waals surface area (Å²) in [7, 11) is 0. The van der Waals surface area contributed by atoms with Crippen molar-refractivity contribution >= 4 is 0 Å². The third-order valence-electron chi connectivity index (χ3n) is 3.60. The summed E-state index contributed by atoms with van der Waals surface area (Å²) in [5.41, 5.74) is 0.506. The van der Waals surface area contributed by atoms with Crippen molar-refractivity contribution in [1.29, 1.82) is 0 Å². The van der Waals surface area contributed by atoms with Crippen molar-refractivity contribution in [2.75, 3.05) is 26.2 Å². The summed E-state index contributed by atoms with van der Waals surface area (Å²) < 4.78 is 0. The molecule has 1 unspecified atom stereocenters. The molecule has 2 heteroatoms. The Kier molecular flexibility index (Phi) is 4.90. The molecule has 1 fully saturated rings. The molecule has 0 aromatic heterocycles. The highest BCUT2D eigenvalue weighted by atomic mass is 15.0. The highest BCUT2D eigenvalue weighted by molar-refractivity contribution is 4.85. The van der Waals surface area contributed by atoms with E-state index in [1.54, 1.807) is 0 Å². The minimum absolute atomic E-state index is 0.506. The Balaban J connectivity index is 2.13. The zero-order chi connectivity index (χ0) is 10.4. The molecule has 0 amide bonds. The SMILES string of the molecule is CCC(CC)CNCC1(C)CCNC1. The number of rotatable bonds is 6. The van der Waals surface area contributed by atoms with Gasteiger partial charge < -0.3 is 10.6 Å². The first-order valence-electron chi connectivity index (χ1n) is 6.11. The maximum atomic E-state index is 3.63. The molecular formula is C12H26N2. The lowest BCUT2D eigenvalue weighted by atomic mass is 9.89. The van der Waals surface area contributed by atoms with Crippen molar-refractivity contribution in [3.63, 3.8) is 0 Å². The molecule has 1 aliphatic rings. The first-order valence-corrected chi connectivity index (χ1v) is 6.11. The van der Waals surface area contributed by atoms with E-state index >= 15 is 0 Å². The van der Waals surface area contributed by atoms with Gasteiger partial charge in [-0.25, -0.2) is 0 Å². The Morgan fingerprint density at radius 1 is 1.36 bits per heavy atom. The molecule has 0 radical (unpaired) electrons. The first-order chi connectivity index (χ1) is 6.70. The van der Waals surface area contributed by atoms with Crippen molar-refractivity contribution in [1.82, 2.24) is 10.6 Å². The fourth-order valence-corrected chi connectivity index (χ4v) is 2.18. The van der Waals surface area contributed by atoms with Crippen LogP contribution in [0.1, 0.15) is 40.0 Å². The van der Waals surface area contributed by atoms with Gasteiger partial charge in [0.2, 0.25) is 0 Å². The Hall–Kier alpha value is -0.0800. The minimum Gasteiger partial charge on any atom is -0.316 e. The van der Waals surface area contributed by atoms with E-state index in [-0.39, 0.29) is 0 Å². The van der Waals surface area contributed by atoms with Gasteiger partial charge in [0.15, 0.2) is 0 Å². The molecular weight excluding hydrogens is 172 g/mol. The molecule has 1 heterocycles. The Morgan fingerprint density at radius 2 is 2.07 bits per heavy atom. The van der Waals surface area contributed by atoms with Gasteiger partial charge in [0.1, 0.15) is 0 Å². The largest absolute Gasteiger partial charge is 0.316 e. The molecule has 2 N–H and O–H groups in total. The topological polar surface area (TPSA) is 24.1 Å². The molecule has 1 aliphatic heterocycles. The van der Waals surface area contributed by atoms with E-state index in [2.05, 4.69) is 31.4 Å². The lowest BCUT2D eigenvalue weighted by Gasteiger charge is -2.24. The highest BCUT2D eigenvalue weighted by Crippen LogP contribution is 2.23. The van der Waals surface area contributed by atoms with Crippen LogP contribution in [0.2, 0.25) is 0 Å². The summed E-state index contributed by atoms with van der Waals surface area (Å²) in [4.78, 5) is 0. The molecule has 0 saturated carbocycles. The van der Waals surface area contributed by atoms with E-state index in [1.807, 2.05) is 0 Å². The summed E-state index contributed by atoms with van der Waals surface area (Å²) in [5.74, 6) is 0.868. The number of hydrogen-bond donors (Lipinski definition) is 2. The molecule has 0 aliphatic carbocycles. The summed E-state index contributed by atoms with van der Waals surface area (Å²) in [6.07, 6.45) is 3.93. The first kappa shape index (κ1) is 12.0. The van der Waals surface area contributed by atoms with Gasteiger partial charge in [-0.05, 0) is 30.8 Å². The average molecular weight is 198 g/mol. The molecule has 0 bridgehead atoms. The average Bonchev–Trinajstić information content (AvgIpc) is 2.60. The zero-order valence-corrected chi connectivity index (χ0v) is 10.0. The standard InChI is InChI=1S/C12H26N2/c1-4-11(5-2)8-14-10-12(3)6-7-13-9-12/h11,13-14H,4-10H2,1-3H3. The van der Waals surface area contributed by atoms with Crippen molar-refractivity contribution in [3.05, 3.63) is 0 Å². The minimum atomic E-state index is 0.506. The number of hydrogen-bond acceptors (Lipinski definition) is 2. The summed E-state index contributed by atoms with van der Waals surface area (Å²) in [6, 6.07) is 0. The van der Waals surface area contributed by atoms with Gasteiger partial charge in [-0.1, -0.05) is 33.6 Å². The summed E-state index contributed by atoms with van der Waals surface area (Å²) in [6.45, 7) is 11.7. The molecule has 14 heavy (non-hydrogen) atoms. The van der Waals surface area contributed by atoms with Crippen LogP contribution in [0.4, 0.5) is 0 Å². The molecule has 2 nitrogen and oxygen atoms in total. The second-order valence-electron chi connectivity index (χ2n) is 5.05. The smallest absolute Gasteiger partial charge is 0.00179 e. The third-order valence-corrected chi connectivity index (χ3v) is 3.60. The van der Waals surface area contributed by atoms with Crippen LogP contribution in [-0.4, -0.2) is 26.2 Å². The van der Waals surface area contributed by atoms with Gasteiger partial charge in [0.05, 0.1) is 0 Å². The van der Waals surface area contributed by atoms with E-state index in [0.29, 0.717) is 5.41 Å². The maximum absolute atomic E-state index is 3.63. The van der Waals surface area contributed by atoms with Crippen LogP contribution in [0.3, 0.4) is 0 Å². The fourth-order valence-electron chi connectivity index (χ4n) is 2.18. The van der Waals surface area contributed by atoms with Gasteiger partial charge in [0, 0.05) is 13.1 Å². The van der Waals surface area contributed by atoms with E-state index < -0.39 is 0 Å². The van der Waals surface area contributed by atoms with Crippen LogP contribution in [0.15, 0.2) is 0 Å². The van der Waals surface area contributed by atoms with E-state index in [9.17, 15) is 0 Å². The van der Waals surface area contributed by atoms with Crippen LogP contribution in [0, 0.1) is 11.3 Å². The van der Waals surface area contributed by atoms with Gasteiger partial charge in [-0.15, -0.1) is 0 Å². The third kappa shape index (κ3) is 3.58. The van der Waals surface area contributed by atoms with Crippen LogP contribution >= 0.6 is 0 Å². The number of nitrogens with one attached hydrogen (secondary N) is 2. The van der Waals surface area contributed by atoms with Crippen LogP contribution < -0.4 is 10.6 Å². The van der Waals surface area contributed by atoms with Crippen molar-refractivity contribution in [2.24, 2.45) is 11.3 Å². The van der Waals surface area contributed by atoms with Crippen LogP contribution in [0.25, 0.3) is 0 Å². The molecule has 0 aromatic rings. The Labute approximate surface area is 88.8 Å². The molecule has 84 valence electrons. The second-order valence-corrected chi connectivity index (χ2v) is 5.05. The van der Waals surface area contributed by atoms with E-state index in [4.69, 9.17) is 0 Å². The predicted octanol–water partition coefficient (Wildman–Crippen LogP) is 2.01. The predicted molar refractivity (Wildman–Crippen MR) is 62.5 cm³/mol. The molecule has 0 spiro atoms. The lowest BCUT2D eigenvalue weighted by Crippen LogP contribution is -2.35. The van der Waals surface area contributed by atoms with E-state index in [0.717, 1.165) is 5.92 Å². The zero-order valence-electron chi connectivity index (χ0n) is 10.0. The van der Waals surface area contributed by atoms with Crippen molar-refractivity contribution in [2.45, 2.75) is 40.0 Å². The van der Waals surface area contributed by atoms with E-state index in [1.165, 1.54) is 45.4 Å². The molecule has 1 atom stereocenters. The fraction of sp³-hybridized carbons (Fsp3) is 1.00. The van der Waals surface area contributed by atoms with Crippen LogP contribution in [-0.2, 0) is 0 Å². The summed E-state index contributed by atoms with van der Waals surface area (Å²) in [5, 5.41) is 7.07. The Morgan fingerprint density at radius 3 is 2.57 bits per heavy atom. The maximum Gasteiger partial charge on any atom is 0.00179 e. The highest BCUT2D eigenvalue weighted by Gasteiger charge is 2.27. The van der Waals surface area contributed by atoms with Crippen molar-refractivity contribution in [3.8, 4) is 0 Å². The van der Waals surface area contributed by atoms with Gasteiger partial charge in [-0.3, -0.25) is 0 Å². The second kappa shape index (κ2) is 5.72. The van der Waals surface area contributed by atoms with Gasteiger partial charge in [-0.2, -0.15) is 0 Å². The normalized spacial score (nSPS) is 27.4. The Bertz CT molecular complexity index is 146. The quantitative estimate of drug-likeness (QED) is 0.682.